The first-order chi connectivity index (χ1) is 16.8. The van der Waals surface area contributed by atoms with Crippen molar-refractivity contribution in [1.82, 2.24) is 4.98 Å². The van der Waals surface area contributed by atoms with Gasteiger partial charge in [-0.2, -0.15) is 0 Å². The van der Waals surface area contributed by atoms with Gasteiger partial charge in [-0.3, -0.25) is 0 Å². The van der Waals surface area contributed by atoms with E-state index in [1.165, 1.54) is 12.8 Å². The van der Waals surface area contributed by atoms with Gasteiger partial charge in [0.25, 0.3) is 0 Å². The molecular formula is C30H29ClFNOS. The average molecular weight is 506 g/mol. The molecule has 1 fully saturated rings. The molecule has 1 heterocycles. The van der Waals surface area contributed by atoms with Crippen molar-refractivity contribution in [3.63, 3.8) is 0 Å². The Kier molecular flexibility index (Phi) is 7.85. The molecule has 0 N–H and O–H groups in total. The molecule has 2 aromatic carbocycles. The molecular weight excluding hydrogens is 477 g/mol. The summed E-state index contributed by atoms with van der Waals surface area (Å²) in [5.41, 5.74) is 4.30. The summed E-state index contributed by atoms with van der Waals surface area (Å²) in [5, 5.41) is 1.54. The molecule has 0 spiro atoms. The first-order valence-corrected chi connectivity index (χ1v) is 13.0. The number of rotatable bonds is 9. The molecule has 180 valence electrons. The Bertz CT molecular complexity index is 1310. The third-order valence-corrected chi connectivity index (χ3v) is 8.11. The second kappa shape index (κ2) is 10.9. The lowest BCUT2D eigenvalue weighted by molar-refractivity contribution is 0.368. The molecule has 0 amide bonds. The summed E-state index contributed by atoms with van der Waals surface area (Å²) in [4.78, 5) is 6.15. The predicted molar refractivity (Wildman–Crippen MR) is 144 cm³/mol. The average Bonchev–Trinajstić information content (AvgIpc) is 3.58. The second-order valence-electron chi connectivity index (χ2n) is 9.36. The summed E-state index contributed by atoms with van der Waals surface area (Å²) in [6.07, 6.45) is 15.1. The fourth-order valence-electron chi connectivity index (χ4n) is 4.56. The summed E-state index contributed by atoms with van der Waals surface area (Å²) in [5.74, 6) is 6.63. The Morgan fingerprint density at radius 2 is 1.89 bits per heavy atom. The van der Waals surface area contributed by atoms with E-state index in [0.29, 0.717) is 28.7 Å². The molecule has 0 aliphatic heterocycles. The van der Waals surface area contributed by atoms with Gasteiger partial charge in [-0.05, 0) is 73.9 Å². The standard InChI is InChI=1S/C30H29ClFNOS/c1-6-8-23(24(15-21-10-11-21)22-12-9-18(3)27(32)16-22)30-33-29(20(5)35-30)25-14-19(4)28(17-26(25)31)34-13-7-2/h1-2,9,12,14,16-17,21,23-24H,8,10-11,13,15H2,3-5H3/t23?,24-/m0/s1. The van der Waals surface area contributed by atoms with Gasteiger partial charge < -0.3 is 4.74 Å². The van der Waals surface area contributed by atoms with E-state index >= 15 is 0 Å². The monoisotopic (exact) mass is 505 g/mol. The molecule has 1 unspecified atom stereocenters. The van der Waals surface area contributed by atoms with E-state index in [9.17, 15) is 4.39 Å². The van der Waals surface area contributed by atoms with Gasteiger partial charge in [0, 0.05) is 22.8 Å². The van der Waals surface area contributed by atoms with Crippen LogP contribution in [0.15, 0.2) is 30.3 Å². The maximum absolute atomic E-state index is 14.5. The van der Waals surface area contributed by atoms with E-state index in [0.717, 1.165) is 38.7 Å². The third-order valence-electron chi connectivity index (χ3n) is 6.69. The van der Waals surface area contributed by atoms with Crippen molar-refractivity contribution in [2.24, 2.45) is 5.92 Å². The van der Waals surface area contributed by atoms with Crippen LogP contribution in [0, 0.1) is 57.2 Å². The fourth-order valence-corrected chi connectivity index (χ4v) is 5.90. The van der Waals surface area contributed by atoms with Gasteiger partial charge in [0.2, 0.25) is 0 Å². The second-order valence-corrected chi connectivity index (χ2v) is 11.0. The van der Waals surface area contributed by atoms with Gasteiger partial charge in [0.05, 0.1) is 15.7 Å². The van der Waals surface area contributed by atoms with Crippen LogP contribution in [0.5, 0.6) is 5.75 Å². The number of ether oxygens (including phenoxy) is 1. The molecule has 5 heteroatoms. The van der Waals surface area contributed by atoms with E-state index in [1.54, 1.807) is 30.4 Å². The maximum Gasteiger partial charge on any atom is 0.148 e. The highest BCUT2D eigenvalue weighted by molar-refractivity contribution is 7.12. The van der Waals surface area contributed by atoms with Gasteiger partial charge in [-0.15, -0.1) is 30.1 Å². The first-order valence-electron chi connectivity index (χ1n) is 11.9. The zero-order chi connectivity index (χ0) is 25.1. The van der Waals surface area contributed by atoms with Crippen LogP contribution in [0.25, 0.3) is 11.3 Å². The van der Waals surface area contributed by atoms with Crippen LogP contribution in [0.1, 0.15) is 64.1 Å². The number of aromatic nitrogens is 1. The van der Waals surface area contributed by atoms with Gasteiger partial charge >= 0.3 is 0 Å². The minimum absolute atomic E-state index is 0.0123. The smallest absolute Gasteiger partial charge is 0.148 e. The van der Waals surface area contributed by atoms with Crippen LogP contribution in [-0.4, -0.2) is 11.6 Å². The SMILES string of the molecule is C#CCOc1cc(Cl)c(-c2nc(C(CC#C)[C@@H](CC3CC3)c3ccc(C)c(F)c3)sc2C)cc1C. The van der Waals surface area contributed by atoms with E-state index in [4.69, 9.17) is 34.2 Å². The van der Waals surface area contributed by atoms with Crippen molar-refractivity contribution in [3.8, 4) is 41.7 Å². The summed E-state index contributed by atoms with van der Waals surface area (Å²) < 4.78 is 20.2. The van der Waals surface area contributed by atoms with Crippen LogP contribution in [-0.2, 0) is 0 Å². The van der Waals surface area contributed by atoms with Gasteiger partial charge in [-0.1, -0.05) is 42.5 Å². The van der Waals surface area contributed by atoms with Gasteiger partial charge in [0.1, 0.15) is 18.2 Å². The van der Waals surface area contributed by atoms with E-state index in [2.05, 4.69) is 18.8 Å². The molecule has 1 aliphatic rings. The molecule has 0 bridgehead atoms. The Labute approximate surface area is 216 Å². The lowest BCUT2D eigenvalue weighted by Crippen LogP contribution is -2.13. The van der Waals surface area contributed by atoms with Gasteiger partial charge in [-0.25, -0.2) is 9.37 Å². The number of benzene rings is 2. The fraction of sp³-hybridized carbons (Fsp3) is 0.367. The number of hydrogen-bond acceptors (Lipinski definition) is 3. The van der Waals surface area contributed by atoms with Crippen molar-refractivity contribution in [2.75, 3.05) is 6.61 Å². The number of nitrogens with zero attached hydrogens (tertiary/aromatic N) is 1. The largest absolute Gasteiger partial charge is 0.481 e. The van der Waals surface area contributed by atoms with Gasteiger partial charge in [0.15, 0.2) is 0 Å². The normalized spacial score (nSPS) is 14.7. The molecule has 2 nitrogen and oxygen atoms in total. The molecule has 0 radical (unpaired) electrons. The lowest BCUT2D eigenvalue weighted by atomic mass is 9.80. The van der Waals surface area contributed by atoms with Crippen LogP contribution < -0.4 is 4.74 Å². The Morgan fingerprint density at radius 1 is 1.11 bits per heavy atom. The van der Waals surface area contributed by atoms with E-state index in [-0.39, 0.29) is 24.3 Å². The minimum Gasteiger partial charge on any atom is -0.481 e. The zero-order valence-electron chi connectivity index (χ0n) is 20.3. The van der Waals surface area contributed by atoms with Crippen LogP contribution in [0.3, 0.4) is 0 Å². The molecule has 3 aromatic rings. The summed E-state index contributed by atoms with van der Waals surface area (Å²) in [6, 6.07) is 9.38. The highest BCUT2D eigenvalue weighted by Gasteiger charge is 2.34. The number of thiazole rings is 1. The van der Waals surface area contributed by atoms with Crippen LogP contribution in [0.2, 0.25) is 5.02 Å². The van der Waals surface area contributed by atoms with Crippen molar-refractivity contribution >= 4 is 22.9 Å². The molecule has 35 heavy (non-hydrogen) atoms. The molecule has 4 rings (SSSR count). The zero-order valence-corrected chi connectivity index (χ0v) is 21.9. The van der Waals surface area contributed by atoms with E-state index < -0.39 is 0 Å². The minimum atomic E-state index is -0.173. The quantitative estimate of drug-likeness (QED) is 0.273. The van der Waals surface area contributed by atoms with Crippen LogP contribution >= 0.6 is 22.9 Å². The molecule has 0 saturated heterocycles. The Hall–Kier alpha value is -2.79. The summed E-state index contributed by atoms with van der Waals surface area (Å²) in [7, 11) is 0. The maximum atomic E-state index is 14.5. The highest BCUT2D eigenvalue weighted by Crippen LogP contribution is 2.48. The molecule has 1 aromatic heterocycles. The topological polar surface area (TPSA) is 22.1 Å². The number of aryl methyl sites for hydroxylation is 3. The lowest BCUT2D eigenvalue weighted by Gasteiger charge is -2.25. The number of hydrogen-bond donors (Lipinski definition) is 0. The van der Waals surface area contributed by atoms with Crippen molar-refractivity contribution in [2.45, 2.75) is 58.3 Å². The number of halogens is 2. The van der Waals surface area contributed by atoms with Crippen molar-refractivity contribution in [3.05, 3.63) is 67.7 Å². The summed E-state index contributed by atoms with van der Waals surface area (Å²) in [6.45, 7) is 6.00. The van der Waals surface area contributed by atoms with Crippen molar-refractivity contribution in [1.29, 1.82) is 0 Å². The van der Waals surface area contributed by atoms with Crippen LogP contribution in [0.4, 0.5) is 4.39 Å². The molecule has 1 aliphatic carbocycles. The molecule has 1 saturated carbocycles. The van der Waals surface area contributed by atoms with Crippen molar-refractivity contribution < 1.29 is 9.13 Å². The number of terminal acetylenes is 2. The van der Waals surface area contributed by atoms with E-state index in [1.807, 2.05) is 25.1 Å². The third kappa shape index (κ3) is 5.72. The highest BCUT2D eigenvalue weighted by atomic mass is 35.5. The molecule has 2 atom stereocenters. The first kappa shape index (κ1) is 25.3. The Balaban J connectivity index is 1.73. The Morgan fingerprint density at radius 3 is 2.54 bits per heavy atom. The summed E-state index contributed by atoms with van der Waals surface area (Å²) >= 11 is 8.31. The predicted octanol–water partition coefficient (Wildman–Crippen LogP) is 8.23.